The van der Waals surface area contributed by atoms with Crippen molar-refractivity contribution >= 4 is 24.6 Å². The molecule has 0 aromatic heterocycles. The van der Waals surface area contributed by atoms with Crippen molar-refractivity contribution < 1.29 is 19.1 Å². The van der Waals surface area contributed by atoms with Crippen LogP contribution in [0.15, 0.2) is 0 Å². The van der Waals surface area contributed by atoms with Crippen molar-refractivity contribution in [2.75, 3.05) is 92.6 Å². The molecule has 6 heterocycles. The molecule has 0 saturated carbocycles. The smallest absolute Gasteiger partial charge is 0.410 e. The van der Waals surface area contributed by atoms with Gasteiger partial charge in [0.25, 0.3) is 0 Å². The largest absolute Gasteiger partial charge is 0.444 e. The number of nitrogens with one attached hydrogen (secondary N) is 2. The van der Waals surface area contributed by atoms with E-state index in [1.807, 2.05) is 51.3 Å². The molecule has 6 aliphatic heterocycles. The van der Waals surface area contributed by atoms with Gasteiger partial charge in [-0.1, -0.05) is 0 Å². The fourth-order valence-electron chi connectivity index (χ4n) is 7.68. The highest BCUT2D eigenvalue weighted by Gasteiger charge is 2.40. The minimum atomic E-state index is -0.382. The molecule has 3 atom stereocenters. The Bertz CT molecular complexity index is 952. The van der Waals surface area contributed by atoms with E-state index in [1.165, 1.54) is 77.8 Å². The third kappa shape index (κ3) is 13.1. The zero-order chi connectivity index (χ0) is 33.5. The van der Waals surface area contributed by atoms with Gasteiger partial charge in [-0.25, -0.2) is 9.59 Å². The molecule has 11 heteroatoms. The quantitative estimate of drug-likeness (QED) is 0.429. The molecule has 2 amide bonds. The SMILES string of the molecule is CC(C)(C)OC(=O)N1CC(C2CCCNC2)C1.CN1CCCC(C2CN(C(=O)OC(C)(C)C)C2)C1.CN1CCCC(C2CNC2)C1.Cl. The molecule has 6 saturated heterocycles. The van der Waals surface area contributed by atoms with Gasteiger partial charge < -0.3 is 39.7 Å². The van der Waals surface area contributed by atoms with Gasteiger partial charge in [0.1, 0.15) is 11.2 Å². The Morgan fingerprint density at radius 1 is 0.553 bits per heavy atom. The zero-order valence-corrected chi connectivity index (χ0v) is 31.8. The van der Waals surface area contributed by atoms with Gasteiger partial charge in [-0.15, -0.1) is 12.4 Å². The first-order valence-corrected chi connectivity index (χ1v) is 18.4. The molecule has 274 valence electrons. The highest BCUT2D eigenvalue weighted by atomic mass is 35.5. The highest BCUT2D eigenvalue weighted by Crippen LogP contribution is 2.32. The Labute approximate surface area is 292 Å². The van der Waals surface area contributed by atoms with E-state index in [9.17, 15) is 9.59 Å². The number of hydrogen-bond donors (Lipinski definition) is 2. The number of ether oxygens (including phenoxy) is 2. The summed E-state index contributed by atoms with van der Waals surface area (Å²) in [6.07, 6.45) is 7.77. The predicted octanol–water partition coefficient (Wildman–Crippen LogP) is 5.02. The number of amides is 2. The van der Waals surface area contributed by atoms with Gasteiger partial charge in [0.05, 0.1) is 0 Å². The topological polar surface area (TPSA) is 89.6 Å². The van der Waals surface area contributed by atoms with Crippen LogP contribution in [0.1, 0.15) is 80.1 Å². The van der Waals surface area contributed by atoms with Crippen molar-refractivity contribution in [1.29, 1.82) is 0 Å². The number of halogens is 1. The lowest BCUT2D eigenvalue weighted by Gasteiger charge is -2.46. The van der Waals surface area contributed by atoms with E-state index >= 15 is 0 Å². The summed E-state index contributed by atoms with van der Waals surface area (Å²) in [5.74, 6) is 4.87. The Morgan fingerprint density at radius 3 is 1.32 bits per heavy atom. The molecule has 6 rings (SSSR count). The lowest BCUT2D eigenvalue weighted by molar-refractivity contribution is -0.0182. The van der Waals surface area contributed by atoms with Crippen LogP contribution in [0.2, 0.25) is 0 Å². The monoisotopic (exact) mass is 685 g/mol. The van der Waals surface area contributed by atoms with E-state index < -0.39 is 0 Å². The van der Waals surface area contributed by atoms with Crippen molar-refractivity contribution in [1.82, 2.24) is 30.2 Å². The van der Waals surface area contributed by atoms with Crippen molar-refractivity contribution in [3.8, 4) is 0 Å². The summed E-state index contributed by atoms with van der Waals surface area (Å²) >= 11 is 0. The second-order valence-electron chi connectivity index (χ2n) is 17.1. The predicted molar refractivity (Wildman–Crippen MR) is 192 cm³/mol. The molecule has 0 aliphatic carbocycles. The number of carbonyl (C=O) groups is 2. The molecule has 0 aromatic rings. The van der Waals surface area contributed by atoms with Crippen LogP contribution in [0.25, 0.3) is 0 Å². The zero-order valence-electron chi connectivity index (χ0n) is 31.0. The third-order valence-electron chi connectivity index (χ3n) is 10.6. The van der Waals surface area contributed by atoms with Gasteiger partial charge in [-0.2, -0.15) is 0 Å². The maximum Gasteiger partial charge on any atom is 0.410 e. The van der Waals surface area contributed by atoms with E-state index in [4.69, 9.17) is 9.47 Å². The number of likely N-dealkylation sites (tertiary alicyclic amines) is 4. The van der Waals surface area contributed by atoms with Crippen LogP contribution in [0, 0.1) is 35.5 Å². The van der Waals surface area contributed by atoms with Crippen LogP contribution < -0.4 is 10.6 Å². The first-order chi connectivity index (χ1) is 21.7. The molecule has 2 N–H and O–H groups in total. The van der Waals surface area contributed by atoms with Gasteiger partial charge in [-0.05, 0) is 169 Å². The summed E-state index contributed by atoms with van der Waals surface area (Å²) in [5.41, 5.74) is -0.762. The number of piperidine rings is 3. The number of carbonyl (C=O) groups excluding carboxylic acids is 2. The maximum atomic E-state index is 11.8. The van der Waals surface area contributed by atoms with E-state index in [0.717, 1.165) is 62.9 Å². The molecule has 0 bridgehead atoms. The van der Waals surface area contributed by atoms with Gasteiger partial charge >= 0.3 is 12.2 Å². The van der Waals surface area contributed by atoms with Crippen LogP contribution in [-0.2, 0) is 9.47 Å². The first-order valence-electron chi connectivity index (χ1n) is 18.4. The Kier molecular flexibility index (Phi) is 15.4. The molecular formula is C36H69ClN6O4. The van der Waals surface area contributed by atoms with Crippen molar-refractivity contribution in [3.05, 3.63) is 0 Å². The molecular weight excluding hydrogens is 616 g/mol. The minimum absolute atomic E-state index is 0. The van der Waals surface area contributed by atoms with Gasteiger partial charge in [0.2, 0.25) is 0 Å². The van der Waals surface area contributed by atoms with E-state index in [1.54, 1.807) is 0 Å². The lowest BCUT2D eigenvalue weighted by Crippen LogP contribution is -2.56. The number of rotatable bonds is 3. The second-order valence-corrected chi connectivity index (χ2v) is 17.1. The van der Waals surface area contributed by atoms with Crippen molar-refractivity contribution in [3.63, 3.8) is 0 Å². The molecule has 3 unspecified atom stereocenters. The van der Waals surface area contributed by atoms with Crippen LogP contribution in [0.3, 0.4) is 0 Å². The summed E-state index contributed by atoms with van der Waals surface area (Å²) in [6.45, 7) is 24.9. The summed E-state index contributed by atoms with van der Waals surface area (Å²) in [6, 6.07) is 0. The highest BCUT2D eigenvalue weighted by molar-refractivity contribution is 5.85. The average Bonchev–Trinajstić information content (AvgIpc) is 2.85. The molecule has 6 fully saturated rings. The average molecular weight is 685 g/mol. The summed E-state index contributed by atoms with van der Waals surface area (Å²) in [7, 11) is 4.44. The van der Waals surface area contributed by atoms with E-state index in [-0.39, 0.29) is 35.8 Å². The van der Waals surface area contributed by atoms with E-state index in [0.29, 0.717) is 11.8 Å². The molecule has 6 aliphatic rings. The molecule has 10 nitrogen and oxygen atoms in total. The Hall–Kier alpha value is -1.33. The normalized spacial score (nSPS) is 28.1. The fraction of sp³-hybridized carbons (Fsp3) is 0.944. The van der Waals surface area contributed by atoms with Crippen molar-refractivity contribution in [2.45, 2.75) is 91.3 Å². The summed E-state index contributed by atoms with van der Waals surface area (Å²) in [4.78, 5) is 32.1. The molecule has 0 radical (unpaired) electrons. The van der Waals surface area contributed by atoms with Crippen molar-refractivity contribution in [2.24, 2.45) is 35.5 Å². The molecule has 0 aromatic carbocycles. The van der Waals surface area contributed by atoms with Gasteiger partial charge in [-0.3, -0.25) is 0 Å². The Balaban J connectivity index is 0.000000195. The van der Waals surface area contributed by atoms with Crippen LogP contribution in [0.5, 0.6) is 0 Å². The maximum absolute atomic E-state index is 11.8. The van der Waals surface area contributed by atoms with Gasteiger partial charge in [0.15, 0.2) is 0 Å². The lowest BCUT2D eigenvalue weighted by atomic mass is 9.81. The molecule has 0 spiro atoms. The minimum Gasteiger partial charge on any atom is -0.444 e. The van der Waals surface area contributed by atoms with E-state index in [2.05, 4.69) is 34.5 Å². The summed E-state index contributed by atoms with van der Waals surface area (Å²) < 4.78 is 10.7. The Morgan fingerprint density at radius 2 is 0.957 bits per heavy atom. The molecule has 47 heavy (non-hydrogen) atoms. The van der Waals surface area contributed by atoms with Crippen LogP contribution in [-0.4, -0.2) is 136 Å². The second kappa shape index (κ2) is 18.1. The number of hydrogen-bond acceptors (Lipinski definition) is 8. The summed E-state index contributed by atoms with van der Waals surface area (Å²) in [5, 5.41) is 6.79. The van der Waals surface area contributed by atoms with Gasteiger partial charge in [0, 0.05) is 39.3 Å². The first kappa shape index (κ1) is 40.1. The van der Waals surface area contributed by atoms with Crippen LogP contribution in [0.4, 0.5) is 9.59 Å². The third-order valence-corrected chi connectivity index (χ3v) is 10.6. The standard InChI is InChI=1S/C14H26N2O2.C13H24N2O2.C9H18N2.ClH/c1-14(2,3)18-13(17)16-9-12(10-16)11-6-5-7-15(4)8-11;1-13(2,3)17-12(16)15-8-11(9-15)10-5-4-6-14-7-10;1-11-4-2-3-8(7-11)9-5-10-6-9;/h11-12H,5-10H2,1-4H3;10-11,14H,4-9H2,1-3H3;8-10H,2-7H2,1H3;1H. The van der Waals surface area contributed by atoms with Crippen LogP contribution >= 0.6 is 12.4 Å². The number of nitrogens with zero attached hydrogens (tertiary/aromatic N) is 4. The fourth-order valence-corrected chi connectivity index (χ4v) is 7.68.